The van der Waals surface area contributed by atoms with Crippen molar-refractivity contribution in [2.24, 2.45) is 0 Å². The topological polar surface area (TPSA) is 77.8 Å². The third-order valence-electron chi connectivity index (χ3n) is 4.19. The molecule has 3 N–H and O–H groups in total. The zero-order valence-corrected chi connectivity index (χ0v) is 14.3. The van der Waals surface area contributed by atoms with Gasteiger partial charge >= 0.3 is 5.97 Å². The standard InChI is InChI=1S/C18H36O4/c1-2-3-4-5-6-7-8-9-10-13-16(19)17(20)14-11-12-15-18(21)22/h16-17,19-20H,2-15H2,1H3,(H,21,22). The Bertz CT molecular complexity index is 255. The maximum atomic E-state index is 10.4. The van der Waals surface area contributed by atoms with E-state index >= 15 is 0 Å². The highest BCUT2D eigenvalue weighted by Gasteiger charge is 2.15. The third-order valence-corrected chi connectivity index (χ3v) is 4.19. The summed E-state index contributed by atoms with van der Waals surface area (Å²) in [5, 5.41) is 28.2. The fourth-order valence-electron chi connectivity index (χ4n) is 2.68. The molecule has 0 amide bonds. The number of hydrogen-bond acceptors (Lipinski definition) is 3. The summed E-state index contributed by atoms with van der Waals surface area (Å²) in [6, 6.07) is 0. The monoisotopic (exact) mass is 316 g/mol. The van der Waals surface area contributed by atoms with Crippen LogP contribution in [0.25, 0.3) is 0 Å². The molecule has 0 spiro atoms. The summed E-state index contributed by atoms with van der Waals surface area (Å²) in [4.78, 5) is 10.4. The molecule has 0 aliphatic rings. The minimum atomic E-state index is -0.801. The highest BCUT2D eigenvalue weighted by Crippen LogP contribution is 2.14. The average molecular weight is 316 g/mol. The lowest BCUT2D eigenvalue weighted by atomic mass is 10.00. The van der Waals surface area contributed by atoms with E-state index in [9.17, 15) is 15.0 Å². The number of unbranched alkanes of at least 4 members (excludes halogenated alkanes) is 9. The summed E-state index contributed by atoms with van der Waals surface area (Å²) in [6.07, 6.45) is 12.3. The first kappa shape index (κ1) is 21.4. The van der Waals surface area contributed by atoms with Crippen molar-refractivity contribution in [2.75, 3.05) is 0 Å². The normalized spacial score (nSPS) is 14.0. The molecule has 0 saturated carbocycles. The molecule has 4 nitrogen and oxygen atoms in total. The third kappa shape index (κ3) is 14.3. The molecule has 0 aliphatic carbocycles. The molecule has 0 fully saturated rings. The van der Waals surface area contributed by atoms with Crippen molar-refractivity contribution >= 4 is 5.97 Å². The maximum absolute atomic E-state index is 10.4. The molecule has 0 aromatic carbocycles. The van der Waals surface area contributed by atoms with Crippen LogP contribution >= 0.6 is 0 Å². The van der Waals surface area contributed by atoms with Gasteiger partial charge in [0.15, 0.2) is 0 Å². The van der Waals surface area contributed by atoms with Crippen molar-refractivity contribution in [1.82, 2.24) is 0 Å². The van der Waals surface area contributed by atoms with E-state index < -0.39 is 18.2 Å². The number of aliphatic hydroxyl groups is 2. The van der Waals surface area contributed by atoms with Crippen LogP contribution in [0.4, 0.5) is 0 Å². The molecule has 2 unspecified atom stereocenters. The van der Waals surface area contributed by atoms with Crippen LogP contribution in [-0.4, -0.2) is 33.5 Å². The van der Waals surface area contributed by atoms with E-state index in [4.69, 9.17) is 5.11 Å². The zero-order chi connectivity index (χ0) is 16.6. The largest absolute Gasteiger partial charge is 0.481 e. The first-order chi connectivity index (χ1) is 10.6. The van der Waals surface area contributed by atoms with Crippen molar-refractivity contribution in [3.63, 3.8) is 0 Å². The van der Waals surface area contributed by atoms with Crippen LogP contribution in [0.2, 0.25) is 0 Å². The molecule has 4 heteroatoms. The number of carboxylic acid groups (broad SMARTS) is 1. The molecule has 22 heavy (non-hydrogen) atoms. The molecule has 2 atom stereocenters. The Balaban J connectivity index is 3.36. The van der Waals surface area contributed by atoms with Crippen LogP contribution < -0.4 is 0 Å². The number of hydrogen-bond donors (Lipinski definition) is 3. The second-order valence-electron chi connectivity index (χ2n) is 6.39. The van der Waals surface area contributed by atoms with Crippen LogP contribution in [-0.2, 0) is 4.79 Å². The fourth-order valence-corrected chi connectivity index (χ4v) is 2.68. The van der Waals surface area contributed by atoms with Crippen molar-refractivity contribution in [2.45, 2.75) is 109 Å². The van der Waals surface area contributed by atoms with Gasteiger partial charge in [-0.3, -0.25) is 4.79 Å². The van der Waals surface area contributed by atoms with Crippen LogP contribution in [0.15, 0.2) is 0 Å². The van der Waals surface area contributed by atoms with E-state index in [2.05, 4.69) is 6.92 Å². The predicted molar refractivity (Wildman–Crippen MR) is 90.0 cm³/mol. The van der Waals surface area contributed by atoms with Gasteiger partial charge in [-0.2, -0.15) is 0 Å². The molecular formula is C18H36O4. The number of carbonyl (C=O) groups is 1. The number of rotatable bonds is 16. The summed E-state index contributed by atoms with van der Waals surface area (Å²) < 4.78 is 0. The summed E-state index contributed by atoms with van der Waals surface area (Å²) in [5.41, 5.74) is 0. The van der Waals surface area contributed by atoms with E-state index in [0.29, 0.717) is 25.7 Å². The van der Waals surface area contributed by atoms with Crippen molar-refractivity contribution in [1.29, 1.82) is 0 Å². The number of aliphatic hydroxyl groups excluding tert-OH is 2. The predicted octanol–water partition coefficient (Wildman–Crippen LogP) is 4.27. The van der Waals surface area contributed by atoms with Gasteiger partial charge in [0, 0.05) is 6.42 Å². The van der Waals surface area contributed by atoms with E-state index in [1.54, 1.807) is 0 Å². The zero-order valence-electron chi connectivity index (χ0n) is 14.3. The van der Waals surface area contributed by atoms with Gasteiger partial charge in [-0.05, 0) is 19.3 Å². The van der Waals surface area contributed by atoms with Crippen LogP contribution in [0.5, 0.6) is 0 Å². The molecule has 0 heterocycles. The Morgan fingerprint density at radius 1 is 0.727 bits per heavy atom. The molecule has 0 aliphatic heterocycles. The van der Waals surface area contributed by atoms with Gasteiger partial charge in [-0.15, -0.1) is 0 Å². The van der Waals surface area contributed by atoms with Crippen molar-refractivity contribution < 1.29 is 20.1 Å². The molecule has 0 bridgehead atoms. The lowest BCUT2D eigenvalue weighted by Gasteiger charge is -2.17. The number of aliphatic carboxylic acids is 1. The second-order valence-corrected chi connectivity index (χ2v) is 6.39. The van der Waals surface area contributed by atoms with Gasteiger partial charge in [0.1, 0.15) is 0 Å². The van der Waals surface area contributed by atoms with Gasteiger partial charge in [0.2, 0.25) is 0 Å². The molecule has 0 radical (unpaired) electrons. The quantitative estimate of drug-likeness (QED) is 0.371. The van der Waals surface area contributed by atoms with Gasteiger partial charge in [-0.25, -0.2) is 0 Å². The first-order valence-electron chi connectivity index (χ1n) is 9.15. The van der Waals surface area contributed by atoms with Crippen LogP contribution in [0.3, 0.4) is 0 Å². The molecule has 0 saturated heterocycles. The maximum Gasteiger partial charge on any atom is 0.303 e. The van der Waals surface area contributed by atoms with Gasteiger partial charge in [0.05, 0.1) is 12.2 Å². The SMILES string of the molecule is CCCCCCCCCCCC(O)C(O)CCCCC(=O)O. The average Bonchev–Trinajstić information content (AvgIpc) is 2.49. The number of carboxylic acids is 1. The Labute approximate surface area is 135 Å². The van der Waals surface area contributed by atoms with E-state index in [1.807, 2.05) is 0 Å². The molecular weight excluding hydrogens is 280 g/mol. The highest BCUT2D eigenvalue weighted by molar-refractivity contribution is 5.66. The van der Waals surface area contributed by atoms with Gasteiger partial charge in [0.25, 0.3) is 0 Å². The first-order valence-corrected chi connectivity index (χ1v) is 9.15. The Morgan fingerprint density at radius 3 is 1.59 bits per heavy atom. The Kier molecular flexibility index (Phi) is 14.9. The molecule has 132 valence electrons. The molecule has 0 aromatic heterocycles. The minimum absolute atomic E-state index is 0.140. The fraction of sp³-hybridized carbons (Fsp3) is 0.944. The van der Waals surface area contributed by atoms with E-state index in [0.717, 1.165) is 12.8 Å². The molecule has 0 aromatic rings. The van der Waals surface area contributed by atoms with E-state index in [-0.39, 0.29) is 6.42 Å². The Morgan fingerprint density at radius 2 is 1.14 bits per heavy atom. The second kappa shape index (κ2) is 15.3. The lowest BCUT2D eigenvalue weighted by molar-refractivity contribution is -0.137. The van der Waals surface area contributed by atoms with Crippen LogP contribution in [0.1, 0.15) is 96.8 Å². The van der Waals surface area contributed by atoms with Gasteiger partial charge < -0.3 is 15.3 Å². The summed E-state index contributed by atoms with van der Waals surface area (Å²) in [6.45, 7) is 2.23. The smallest absolute Gasteiger partial charge is 0.303 e. The summed E-state index contributed by atoms with van der Waals surface area (Å²) >= 11 is 0. The minimum Gasteiger partial charge on any atom is -0.481 e. The van der Waals surface area contributed by atoms with Gasteiger partial charge in [-0.1, -0.05) is 71.1 Å². The molecule has 0 rings (SSSR count). The summed E-state index contributed by atoms with van der Waals surface area (Å²) in [7, 11) is 0. The Hall–Kier alpha value is -0.610. The van der Waals surface area contributed by atoms with Crippen LogP contribution in [0, 0.1) is 0 Å². The van der Waals surface area contributed by atoms with Crippen molar-refractivity contribution in [3.8, 4) is 0 Å². The highest BCUT2D eigenvalue weighted by atomic mass is 16.4. The lowest BCUT2D eigenvalue weighted by Crippen LogP contribution is -2.25. The summed E-state index contributed by atoms with van der Waals surface area (Å²) in [5.74, 6) is -0.801. The van der Waals surface area contributed by atoms with Crippen molar-refractivity contribution in [3.05, 3.63) is 0 Å². The van der Waals surface area contributed by atoms with E-state index in [1.165, 1.54) is 44.9 Å².